The topological polar surface area (TPSA) is 46.5 Å². The normalized spacial score (nSPS) is 11.7. The predicted octanol–water partition coefficient (Wildman–Crippen LogP) is 4.15. The molecule has 0 saturated heterocycles. The van der Waals surface area contributed by atoms with Crippen LogP contribution in [0, 0.1) is 17.6 Å². The van der Waals surface area contributed by atoms with Crippen molar-refractivity contribution in [2.45, 2.75) is 47.1 Å². The summed E-state index contributed by atoms with van der Waals surface area (Å²) in [6.45, 7) is 10.7. The molecular weight excluding hydrogens is 276 g/mol. The van der Waals surface area contributed by atoms with E-state index in [0.717, 1.165) is 22.8 Å². The zero-order valence-electron chi connectivity index (χ0n) is 12.0. The van der Waals surface area contributed by atoms with Crippen molar-refractivity contribution >= 4 is 23.6 Å². The summed E-state index contributed by atoms with van der Waals surface area (Å²) in [5.41, 5.74) is 1.04. The fraction of sp³-hybridized carbons (Fsp3) is 0.615. The first-order valence-electron chi connectivity index (χ1n) is 6.53. The molecule has 0 aliphatic carbocycles. The standard InChI is InChI=1S/C13H20N4S2/c1-7(2)6-10-14-9(5)11(19-10)12-15-16-13(18)17(12)8(3)4/h7-8H,6H2,1-5H3,(H,16,18). The second-order valence-corrected chi connectivity index (χ2v) is 6.91. The van der Waals surface area contributed by atoms with Gasteiger partial charge in [-0.3, -0.25) is 9.67 Å². The molecule has 0 amide bonds. The maximum absolute atomic E-state index is 5.30. The van der Waals surface area contributed by atoms with E-state index in [9.17, 15) is 0 Å². The van der Waals surface area contributed by atoms with Crippen LogP contribution >= 0.6 is 23.6 Å². The van der Waals surface area contributed by atoms with Crippen molar-refractivity contribution in [2.24, 2.45) is 5.92 Å². The molecule has 2 aromatic heterocycles. The number of aromatic nitrogens is 4. The highest BCUT2D eigenvalue weighted by molar-refractivity contribution is 7.71. The summed E-state index contributed by atoms with van der Waals surface area (Å²) in [6.07, 6.45) is 1.01. The van der Waals surface area contributed by atoms with Gasteiger partial charge in [0, 0.05) is 12.5 Å². The van der Waals surface area contributed by atoms with E-state index in [0.29, 0.717) is 10.7 Å². The van der Waals surface area contributed by atoms with Crippen molar-refractivity contribution in [1.29, 1.82) is 0 Å². The predicted molar refractivity (Wildman–Crippen MR) is 82.2 cm³/mol. The second-order valence-electron chi connectivity index (χ2n) is 5.44. The summed E-state index contributed by atoms with van der Waals surface area (Å²) in [5, 5.41) is 8.44. The van der Waals surface area contributed by atoms with E-state index in [1.165, 1.54) is 5.01 Å². The van der Waals surface area contributed by atoms with Crippen molar-refractivity contribution in [3.63, 3.8) is 0 Å². The van der Waals surface area contributed by atoms with Crippen LogP contribution in [0.25, 0.3) is 10.7 Å². The minimum atomic E-state index is 0.288. The number of thiazole rings is 1. The first-order chi connectivity index (χ1) is 8.90. The van der Waals surface area contributed by atoms with Gasteiger partial charge in [-0.1, -0.05) is 13.8 Å². The van der Waals surface area contributed by atoms with Gasteiger partial charge in [0.05, 0.1) is 15.6 Å². The van der Waals surface area contributed by atoms with Crippen LogP contribution in [0.15, 0.2) is 0 Å². The number of nitrogens with one attached hydrogen (secondary N) is 1. The lowest BCUT2D eigenvalue weighted by molar-refractivity contribution is 0.597. The Bertz CT molecular complexity index is 619. The fourth-order valence-electron chi connectivity index (χ4n) is 2.04. The van der Waals surface area contributed by atoms with Crippen LogP contribution in [-0.2, 0) is 6.42 Å². The Morgan fingerprint density at radius 3 is 2.58 bits per heavy atom. The van der Waals surface area contributed by atoms with Gasteiger partial charge >= 0.3 is 0 Å². The van der Waals surface area contributed by atoms with Gasteiger partial charge in [0.2, 0.25) is 0 Å². The smallest absolute Gasteiger partial charge is 0.195 e. The first kappa shape index (κ1) is 14.4. The van der Waals surface area contributed by atoms with Crippen molar-refractivity contribution in [3.05, 3.63) is 15.5 Å². The van der Waals surface area contributed by atoms with Gasteiger partial charge in [-0.2, -0.15) is 5.10 Å². The Balaban J connectivity index is 2.48. The number of hydrogen-bond acceptors (Lipinski definition) is 4. The van der Waals surface area contributed by atoms with E-state index < -0.39 is 0 Å². The molecule has 0 aliphatic rings. The summed E-state index contributed by atoms with van der Waals surface area (Å²) in [5.74, 6) is 1.52. The summed E-state index contributed by atoms with van der Waals surface area (Å²) in [7, 11) is 0. The summed E-state index contributed by atoms with van der Waals surface area (Å²) in [4.78, 5) is 5.78. The zero-order valence-corrected chi connectivity index (χ0v) is 13.7. The molecule has 104 valence electrons. The van der Waals surface area contributed by atoms with E-state index in [1.54, 1.807) is 11.3 Å². The summed E-state index contributed by atoms with van der Waals surface area (Å²) >= 11 is 7.02. The van der Waals surface area contributed by atoms with Gasteiger partial charge in [0.1, 0.15) is 0 Å². The van der Waals surface area contributed by atoms with E-state index >= 15 is 0 Å². The maximum Gasteiger partial charge on any atom is 0.195 e. The average Bonchev–Trinajstić information content (AvgIpc) is 2.81. The van der Waals surface area contributed by atoms with Crippen molar-refractivity contribution in [2.75, 3.05) is 0 Å². The van der Waals surface area contributed by atoms with E-state index in [2.05, 4.69) is 47.4 Å². The number of hydrogen-bond donors (Lipinski definition) is 1. The van der Waals surface area contributed by atoms with Gasteiger partial charge in [0.25, 0.3) is 0 Å². The monoisotopic (exact) mass is 296 g/mol. The molecular formula is C13H20N4S2. The van der Waals surface area contributed by atoms with Crippen LogP contribution in [0.2, 0.25) is 0 Å². The van der Waals surface area contributed by atoms with E-state index in [1.807, 2.05) is 6.92 Å². The van der Waals surface area contributed by atoms with Crippen LogP contribution < -0.4 is 0 Å². The molecule has 6 heteroatoms. The molecule has 0 aliphatic heterocycles. The maximum atomic E-state index is 5.30. The first-order valence-corrected chi connectivity index (χ1v) is 7.76. The lowest BCUT2D eigenvalue weighted by atomic mass is 10.1. The molecule has 0 fully saturated rings. The number of aryl methyl sites for hydroxylation is 1. The molecule has 0 radical (unpaired) electrons. The van der Waals surface area contributed by atoms with Crippen molar-refractivity contribution in [1.82, 2.24) is 19.7 Å². The van der Waals surface area contributed by atoms with Crippen LogP contribution in [-0.4, -0.2) is 19.7 Å². The van der Waals surface area contributed by atoms with E-state index in [4.69, 9.17) is 12.2 Å². The van der Waals surface area contributed by atoms with Gasteiger partial charge < -0.3 is 0 Å². The van der Waals surface area contributed by atoms with Crippen LogP contribution in [0.5, 0.6) is 0 Å². The van der Waals surface area contributed by atoms with Gasteiger partial charge in [-0.15, -0.1) is 11.3 Å². The minimum absolute atomic E-state index is 0.288. The molecule has 2 heterocycles. The minimum Gasteiger partial charge on any atom is -0.297 e. The van der Waals surface area contributed by atoms with E-state index in [-0.39, 0.29) is 6.04 Å². The largest absolute Gasteiger partial charge is 0.297 e. The Morgan fingerprint density at radius 1 is 1.32 bits per heavy atom. The third kappa shape index (κ3) is 2.95. The molecule has 0 atom stereocenters. The molecule has 0 spiro atoms. The number of rotatable bonds is 4. The number of H-pyrrole nitrogens is 1. The number of nitrogens with zero attached hydrogens (tertiary/aromatic N) is 3. The number of aromatic amines is 1. The molecule has 19 heavy (non-hydrogen) atoms. The third-order valence-corrected chi connectivity index (χ3v) is 4.31. The Kier molecular flexibility index (Phi) is 4.20. The Morgan fingerprint density at radius 2 is 2.00 bits per heavy atom. The SMILES string of the molecule is Cc1nc(CC(C)C)sc1-c1n[nH]c(=S)n1C(C)C. The Labute approximate surface area is 122 Å². The summed E-state index contributed by atoms with van der Waals surface area (Å²) < 4.78 is 2.72. The highest BCUT2D eigenvalue weighted by Crippen LogP contribution is 2.31. The Hall–Kier alpha value is -1.01. The quantitative estimate of drug-likeness (QED) is 0.862. The molecule has 0 bridgehead atoms. The molecule has 0 saturated carbocycles. The highest BCUT2D eigenvalue weighted by Gasteiger charge is 2.18. The lowest BCUT2D eigenvalue weighted by Gasteiger charge is -2.09. The molecule has 1 N–H and O–H groups in total. The molecule has 4 nitrogen and oxygen atoms in total. The lowest BCUT2D eigenvalue weighted by Crippen LogP contribution is -2.03. The van der Waals surface area contributed by atoms with Crippen molar-refractivity contribution < 1.29 is 0 Å². The molecule has 0 unspecified atom stereocenters. The second kappa shape index (κ2) is 5.54. The average molecular weight is 296 g/mol. The molecule has 2 aromatic rings. The summed E-state index contributed by atoms with van der Waals surface area (Å²) in [6, 6.07) is 0.288. The third-order valence-electron chi connectivity index (χ3n) is 2.85. The molecule has 2 rings (SSSR count). The van der Waals surface area contributed by atoms with Gasteiger partial charge in [0.15, 0.2) is 10.6 Å². The van der Waals surface area contributed by atoms with Crippen LogP contribution in [0.1, 0.15) is 44.4 Å². The highest BCUT2D eigenvalue weighted by atomic mass is 32.1. The van der Waals surface area contributed by atoms with Gasteiger partial charge in [-0.25, -0.2) is 4.98 Å². The van der Waals surface area contributed by atoms with Crippen LogP contribution in [0.4, 0.5) is 0 Å². The molecule has 0 aromatic carbocycles. The zero-order chi connectivity index (χ0) is 14.2. The fourth-order valence-corrected chi connectivity index (χ4v) is 3.65. The van der Waals surface area contributed by atoms with Crippen molar-refractivity contribution in [3.8, 4) is 10.7 Å². The van der Waals surface area contributed by atoms with Gasteiger partial charge in [-0.05, 0) is 38.9 Å². The van der Waals surface area contributed by atoms with Crippen LogP contribution in [0.3, 0.4) is 0 Å².